The number of ether oxygens (including phenoxy) is 1. The number of carbonyl (C=O) groups is 1. The predicted molar refractivity (Wildman–Crippen MR) is 84.6 cm³/mol. The van der Waals surface area contributed by atoms with Crippen LogP contribution in [0.4, 0.5) is 5.69 Å². The third-order valence-corrected chi connectivity index (χ3v) is 3.43. The summed E-state index contributed by atoms with van der Waals surface area (Å²) in [4.78, 5) is 12.1. The summed E-state index contributed by atoms with van der Waals surface area (Å²) in [5, 5.41) is 2.89. The van der Waals surface area contributed by atoms with Crippen molar-refractivity contribution in [3.05, 3.63) is 59.2 Å². The van der Waals surface area contributed by atoms with Crippen LogP contribution >= 0.6 is 0 Å². The zero-order chi connectivity index (χ0) is 15.2. The van der Waals surface area contributed by atoms with Gasteiger partial charge in [0.25, 0.3) is 5.91 Å². The van der Waals surface area contributed by atoms with Crippen LogP contribution in [-0.2, 0) is 6.42 Å². The summed E-state index contributed by atoms with van der Waals surface area (Å²) in [5.74, 6) is 0.694. The van der Waals surface area contributed by atoms with Gasteiger partial charge in [0.2, 0.25) is 0 Å². The number of nitrogens with one attached hydrogen (secondary N) is 1. The number of nitrogens with two attached hydrogens (primary N) is 1. The Bertz CT molecular complexity index is 621. The van der Waals surface area contributed by atoms with Crippen LogP contribution < -0.4 is 15.8 Å². The lowest BCUT2D eigenvalue weighted by atomic mass is 10.1. The summed E-state index contributed by atoms with van der Waals surface area (Å²) in [6, 6.07) is 13.3. The predicted octanol–water partition coefficient (Wildman–Crippen LogP) is 2.56. The van der Waals surface area contributed by atoms with E-state index in [0.717, 1.165) is 23.3 Å². The smallest absolute Gasteiger partial charge is 0.253 e. The fourth-order valence-corrected chi connectivity index (χ4v) is 2.09. The fourth-order valence-electron chi connectivity index (χ4n) is 2.09. The Hall–Kier alpha value is -2.49. The summed E-state index contributed by atoms with van der Waals surface area (Å²) in [5.41, 5.74) is 9.06. The molecule has 4 heteroatoms. The maximum Gasteiger partial charge on any atom is 0.253 e. The molecule has 21 heavy (non-hydrogen) atoms. The maximum atomic E-state index is 12.1. The van der Waals surface area contributed by atoms with Crippen LogP contribution in [0.3, 0.4) is 0 Å². The highest BCUT2D eigenvalue weighted by Crippen LogP contribution is 2.16. The third-order valence-electron chi connectivity index (χ3n) is 3.43. The van der Waals surface area contributed by atoms with Gasteiger partial charge in [-0.05, 0) is 42.7 Å². The SMILES string of the molecule is COc1ccc(CCNC(=O)c2cccc(C)c2N)cc1. The van der Waals surface area contributed by atoms with Crippen molar-refractivity contribution in [1.82, 2.24) is 5.32 Å². The molecule has 1 amide bonds. The van der Waals surface area contributed by atoms with Gasteiger partial charge >= 0.3 is 0 Å². The summed E-state index contributed by atoms with van der Waals surface area (Å²) < 4.78 is 5.11. The van der Waals surface area contributed by atoms with Gasteiger partial charge in [0.05, 0.1) is 12.7 Å². The molecular formula is C17H20N2O2. The van der Waals surface area contributed by atoms with Crippen LogP contribution in [0.25, 0.3) is 0 Å². The monoisotopic (exact) mass is 284 g/mol. The van der Waals surface area contributed by atoms with Gasteiger partial charge in [0.1, 0.15) is 5.75 Å². The summed E-state index contributed by atoms with van der Waals surface area (Å²) >= 11 is 0. The van der Waals surface area contributed by atoms with E-state index < -0.39 is 0 Å². The number of carbonyl (C=O) groups excluding carboxylic acids is 1. The number of methoxy groups -OCH3 is 1. The molecule has 0 spiro atoms. The molecule has 3 N–H and O–H groups in total. The number of benzene rings is 2. The summed E-state index contributed by atoms with van der Waals surface area (Å²) in [6.07, 6.45) is 0.765. The van der Waals surface area contributed by atoms with Gasteiger partial charge in [0.15, 0.2) is 0 Å². The second kappa shape index (κ2) is 6.79. The molecule has 2 rings (SSSR count). The van der Waals surface area contributed by atoms with Crippen LogP contribution in [0.1, 0.15) is 21.5 Å². The molecule has 110 valence electrons. The van der Waals surface area contributed by atoms with Gasteiger partial charge in [0, 0.05) is 12.2 Å². The molecule has 2 aromatic carbocycles. The van der Waals surface area contributed by atoms with Crippen LogP contribution in [0.5, 0.6) is 5.75 Å². The number of aryl methyl sites for hydroxylation is 1. The van der Waals surface area contributed by atoms with Gasteiger partial charge in [-0.3, -0.25) is 4.79 Å². The summed E-state index contributed by atoms with van der Waals surface area (Å²) in [6.45, 7) is 2.46. The van der Waals surface area contributed by atoms with E-state index in [9.17, 15) is 4.79 Å². The quantitative estimate of drug-likeness (QED) is 0.829. The summed E-state index contributed by atoms with van der Waals surface area (Å²) in [7, 11) is 1.64. The van der Waals surface area contributed by atoms with Crippen LogP contribution in [0.2, 0.25) is 0 Å². The van der Waals surface area contributed by atoms with Gasteiger partial charge in [-0.2, -0.15) is 0 Å². The van der Waals surface area contributed by atoms with Crippen LogP contribution in [0, 0.1) is 6.92 Å². The number of anilines is 1. The van der Waals surface area contributed by atoms with Crippen molar-refractivity contribution in [2.45, 2.75) is 13.3 Å². The van der Waals surface area contributed by atoms with Crippen LogP contribution in [0.15, 0.2) is 42.5 Å². The first kappa shape index (κ1) is 14.9. The number of amides is 1. The molecule has 0 heterocycles. The Kier molecular flexibility index (Phi) is 4.82. The van der Waals surface area contributed by atoms with Crippen molar-refractivity contribution in [2.24, 2.45) is 0 Å². The lowest BCUT2D eigenvalue weighted by Gasteiger charge is -2.09. The highest BCUT2D eigenvalue weighted by molar-refractivity contribution is 5.99. The van der Waals surface area contributed by atoms with Gasteiger partial charge < -0.3 is 15.8 Å². The minimum Gasteiger partial charge on any atom is -0.497 e. The van der Waals surface area contributed by atoms with Crippen molar-refractivity contribution in [1.29, 1.82) is 0 Å². The Labute approximate surface area is 124 Å². The molecule has 4 nitrogen and oxygen atoms in total. The fraction of sp³-hybridized carbons (Fsp3) is 0.235. The molecule has 0 aliphatic carbocycles. The topological polar surface area (TPSA) is 64.3 Å². The standard InChI is InChI=1S/C17H20N2O2/c1-12-4-3-5-15(16(12)18)17(20)19-11-10-13-6-8-14(21-2)9-7-13/h3-9H,10-11,18H2,1-2H3,(H,19,20). The Morgan fingerprint density at radius 1 is 1.19 bits per heavy atom. The largest absolute Gasteiger partial charge is 0.497 e. The molecule has 0 unspecified atom stereocenters. The highest BCUT2D eigenvalue weighted by Gasteiger charge is 2.10. The van der Waals surface area contributed by atoms with Crippen molar-refractivity contribution >= 4 is 11.6 Å². The molecular weight excluding hydrogens is 264 g/mol. The lowest BCUT2D eigenvalue weighted by molar-refractivity contribution is 0.0955. The second-order valence-corrected chi connectivity index (χ2v) is 4.89. The first-order valence-electron chi connectivity index (χ1n) is 6.88. The lowest BCUT2D eigenvalue weighted by Crippen LogP contribution is -2.26. The molecule has 0 aromatic heterocycles. The van der Waals surface area contributed by atoms with E-state index in [1.165, 1.54) is 0 Å². The van der Waals surface area contributed by atoms with Gasteiger partial charge in [-0.1, -0.05) is 24.3 Å². The van der Waals surface area contributed by atoms with E-state index in [2.05, 4.69) is 5.32 Å². The van der Waals surface area contributed by atoms with Crippen molar-refractivity contribution < 1.29 is 9.53 Å². The van der Waals surface area contributed by atoms with E-state index >= 15 is 0 Å². The van der Waals surface area contributed by atoms with Gasteiger partial charge in [-0.25, -0.2) is 0 Å². The molecule has 0 fully saturated rings. The molecule has 0 aliphatic rings. The molecule has 2 aromatic rings. The average molecular weight is 284 g/mol. The van der Waals surface area contributed by atoms with Crippen molar-refractivity contribution in [3.63, 3.8) is 0 Å². The second-order valence-electron chi connectivity index (χ2n) is 4.89. The number of rotatable bonds is 5. The number of hydrogen-bond acceptors (Lipinski definition) is 3. The third kappa shape index (κ3) is 3.75. The number of para-hydroxylation sites is 1. The first-order chi connectivity index (χ1) is 10.1. The van der Waals surface area contributed by atoms with E-state index in [-0.39, 0.29) is 5.91 Å². The van der Waals surface area contributed by atoms with E-state index in [1.54, 1.807) is 13.2 Å². The van der Waals surface area contributed by atoms with E-state index in [1.807, 2.05) is 43.3 Å². The van der Waals surface area contributed by atoms with E-state index in [4.69, 9.17) is 10.5 Å². The Balaban J connectivity index is 1.90. The maximum absolute atomic E-state index is 12.1. The first-order valence-corrected chi connectivity index (χ1v) is 6.88. The highest BCUT2D eigenvalue weighted by atomic mass is 16.5. The minimum absolute atomic E-state index is 0.135. The minimum atomic E-state index is -0.135. The zero-order valence-electron chi connectivity index (χ0n) is 12.3. The zero-order valence-corrected chi connectivity index (χ0v) is 12.3. The molecule has 0 radical (unpaired) electrons. The van der Waals surface area contributed by atoms with Crippen molar-refractivity contribution in [3.8, 4) is 5.75 Å². The molecule has 0 bridgehead atoms. The Morgan fingerprint density at radius 3 is 2.57 bits per heavy atom. The Morgan fingerprint density at radius 2 is 1.90 bits per heavy atom. The number of hydrogen-bond donors (Lipinski definition) is 2. The van der Waals surface area contributed by atoms with Gasteiger partial charge in [-0.15, -0.1) is 0 Å². The molecule has 0 atom stereocenters. The van der Waals surface area contributed by atoms with E-state index in [0.29, 0.717) is 17.8 Å². The van der Waals surface area contributed by atoms with Crippen molar-refractivity contribution in [2.75, 3.05) is 19.4 Å². The average Bonchev–Trinajstić information content (AvgIpc) is 2.50. The normalized spacial score (nSPS) is 10.2. The molecule has 0 aliphatic heterocycles. The molecule has 0 saturated heterocycles. The van der Waals surface area contributed by atoms with Crippen LogP contribution in [-0.4, -0.2) is 19.6 Å². The molecule has 0 saturated carbocycles. The number of nitrogen functional groups attached to an aromatic ring is 1.